The van der Waals surface area contributed by atoms with Gasteiger partial charge in [0, 0.05) is 41.6 Å². The van der Waals surface area contributed by atoms with Crippen LogP contribution < -0.4 is 10.6 Å². The van der Waals surface area contributed by atoms with E-state index in [4.69, 9.17) is 9.84 Å². The van der Waals surface area contributed by atoms with E-state index in [0.717, 1.165) is 0 Å². The molecule has 0 spiro atoms. The lowest BCUT2D eigenvalue weighted by Crippen LogP contribution is -2.29. The third kappa shape index (κ3) is 8.87. The van der Waals surface area contributed by atoms with Crippen molar-refractivity contribution in [2.45, 2.75) is 34.1 Å². The quantitative estimate of drug-likeness (QED) is 0.340. The van der Waals surface area contributed by atoms with Gasteiger partial charge in [0.2, 0.25) is 0 Å². The second-order valence-corrected chi connectivity index (χ2v) is 7.30. The van der Waals surface area contributed by atoms with Crippen molar-refractivity contribution in [3.63, 3.8) is 0 Å². The summed E-state index contributed by atoms with van der Waals surface area (Å²) in [6.07, 6.45) is 0.365. The summed E-state index contributed by atoms with van der Waals surface area (Å²) in [6, 6.07) is 4.66. The highest BCUT2D eigenvalue weighted by Crippen LogP contribution is 2.18. The van der Waals surface area contributed by atoms with Crippen LogP contribution in [-0.2, 0) is 14.3 Å². The topological polar surface area (TPSA) is 122 Å². The van der Waals surface area contributed by atoms with Crippen LogP contribution in [0.1, 0.15) is 54.8 Å². The third-order valence-corrected chi connectivity index (χ3v) is 4.12. The van der Waals surface area contributed by atoms with Gasteiger partial charge in [-0.2, -0.15) is 0 Å². The summed E-state index contributed by atoms with van der Waals surface area (Å²) in [7, 11) is 0. The minimum Gasteiger partial charge on any atom is -0.480 e. The summed E-state index contributed by atoms with van der Waals surface area (Å²) in [5.74, 6) is -1.96. The van der Waals surface area contributed by atoms with Crippen molar-refractivity contribution in [2.75, 3.05) is 31.6 Å². The molecule has 0 atom stereocenters. The molecule has 0 aliphatic heterocycles. The van der Waals surface area contributed by atoms with Gasteiger partial charge in [0.05, 0.1) is 13.2 Å². The van der Waals surface area contributed by atoms with Gasteiger partial charge in [-0.15, -0.1) is 0 Å². The molecule has 29 heavy (non-hydrogen) atoms. The van der Waals surface area contributed by atoms with Crippen molar-refractivity contribution >= 4 is 29.1 Å². The molecule has 160 valence electrons. The Morgan fingerprint density at radius 3 is 2.21 bits per heavy atom. The molecule has 3 N–H and O–H groups in total. The number of nitrogens with one attached hydrogen (secondary N) is 2. The number of carbonyl (C=O) groups excluding carboxylic acids is 3. The zero-order chi connectivity index (χ0) is 22.0. The first kappa shape index (κ1) is 24.3. The van der Waals surface area contributed by atoms with Crippen LogP contribution in [0.2, 0.25) is 0 Å². The number of hydrogen-bond donors (Lipinski definition) is 3. The average molecular weight is 406 g/mol. The highest BCUT2D eigenvalue weighted by atomic mass is 16.5. The molecule has 1 aromatic carbocycles. The van der Waals surface area contributed by atoms with E-state index in [1.807, 2.05) is 13.8 Å². The summed E-state index contributed by atoms with van der Waals surface area (Å²) in [5, 5.41) is 14.1. The minimum absolute atomic E-state index is 0.0105. The maximum Gasteiger partial charge on any atom is 0.322 e. The number of hydrogen-bond acceptors (Lipinski definition) is 6. The Kier molecular flexibility index (Phi) is 10.0. The molecule has 1 amide bonds. The molecule has 8 heteroatoms. The molecule has 8 nitrogen and oxygen atoms in total. The van der Waals surface area contributed by atoms with Gasteiger partial charge >= 0.3 is 5.97 Å². The van der Waals surface area contributed by atoms with Gasteiger partial charge < -0.3 is 20.5 Å². The first-order chi connectivity index (χ1) is 13.6. The summed E-state index contributed by atoms with van der Waals surface area (Å²) in [6.45, 7) is 7.83. The monoisotopic (exact) mass is 406 g/mol. The highest BCUT2D eigenvalue weighted by molar-refractivity contribution is 6.03. The van der Waals surface area contributed by atoms with Crippen LogP contribution >= 0.6 is 0 Å². The number of rotatable bonds is 13. The fourth-order valence-corrected chi connectivity index (χ4v) is 2.43. The number of carboxylic acid groups (broad SMARTS) is 1. The smallest absolute Gasteiger partial charge is 0.322 e. The first-order valence-electron chi connectivity index (χ1n) is 9.65. The van der Waals surface area contributed by atoms with Gasteiger partial charge in [-0.1, -0.05) is 27.7 Å². The number of ketones is 2. The number of anilines is 1. The van der Waals surface area contributed by atoms with Crippen LogP contribution in [0.5, 0.6) is 0 Å². The van der Waals surface area contributed by atoms with E-state index in [9.17, 15) is 19.2 Å². The molecule has 0 fully saturated rings. The zero-order valence-corrected chi connectivity index (χ0v) is 17.4. The molecule has 1 aromatic rings. The van der Waals surface area contributed by atoms with Crippen LogP contribution in [0, 0.1) is 11.8 Å². The van der Waals surface area contributed by atoms with E-state index < -0.39 is 18.4 Å². The maximum absolute atomic E-state index is 12.4. The van der Waals surface area contributed by atoms with E-state index in [0.29, 0.717) is 37.4 Å². The lowest BCUT2D eigenvalue weighted by Gasteiger charge is -2.13. The number of aliphatic carboxylic acids is 1. The molecule has 1 rings (SSSR count). The Balaban J connectivity index is 2.74. The zero-order valence-electron chi connectivity index (χ0n) is 17.4. The van der Waals surface area contributed by atoms with Crippen molar-refractivity contribution in [3.05, 3.63) is 29.3 Å². The van der Waals surface area contributed by atoms with Crippen LogP contribution in [0.3, 0.4) is 0 Å². The Labute approximate surface area is 171 Å². The van der Waals surface area contributed by atoms with Crippen molar-refractivity contribution < 1.29 is 29.0 Å². The Morgan fingerprint density at radius 1 is 0.966 bits per heavy atom. The molecular weight excluding hydrogens is 376 g/mol. The number of amides is 1. The average Bonchev–Trinajstić information content (AvgIpc) is 2.67. The number of Topliss-reactive ketones (excluding diaryl/α,β-unsaturated/α-hetero) is 2. The third-order valence-electron chi connectivity index (χ3n) is 4.12. The molecular formula is C21H30N2O6. The first-order valence-corrected chi connectivity index (χ1v) is 9.65. The standard InChI is InChI=1S/C21H30N2O6/c1-13(2)18(24)5-7-29-8-6-22-17-10-15(20(27)14(3)4)9-16(11-17)21(28)23-12-19(25)26/h9-11,13-14,22H,5-8,12H2,1-4H3,(H,23,28)(H,25,26). The molecule has 0 saturated heterocycles. The van der Waals surface area contributed by atoms with Gasteiger partial charge in [0.15, 0.2) is 5.78 Å². The summed E-state index contributed by atoms with van der Waals surface area (Å²) in [4.78, 5) is 46.8. The second kappa shape index (κ2) is 12.0. The summed E-state index contributed by atoms with van der Waals surface area (Å²) in [5.41, 5.74) is 1.12. The molecule has 0 unspecified atom stereocenters. The largest absolute Gasteiger partial charge is 0.480 e. The van der Waals surface area contributed by atoms with E-state index in [2.05, 4.69) is 10.6 Å². The van der Waals surface area contributed by atoms with Gasteiger partial charge in [-0.05, 0) is 18.2 Å². The molecule has 0 saturated carbocycles. The van der Waals surface area contributed by atoms with Crippen molar-refractivity contribution in [1.29, 1.82) is 0 Å². The van der Waals surface area contributed by atoms with Crippen LogP contribution in [0.4, 0.5) is 5.69 Å². The molecule has 0 bridgehead atoms. The fourth-order valence-electron chi connectivity index (χ4n) is 2.43. The Morgan fingerprint density at radius 2 is 1.62 bits per heavy atom. The van der Waals surface area contributed by atoms with E-state index in [1.54, 1.807) is 26.0 Å². The summed E-state index contributed by atoms with van der Waals surface area (Å²) >= 11 is 0. The van der Waals surface area contributed by atoms with Crippen LogP contribution in [-0.4, -0.2) is 54.9 Å². The molecule has 0 radical (unpaired) electrons. The van der Waals surface area contributed by atoms with Gasteiger partial charge in [-0.3, -0.25) is 19.2 Å². The lowest BCUT2D eigenvalue weighted by atomic mass is 9.98. The highest BCUT2D eigenvalue weighted by Gasteiger charge is 2.16. The van der Waals surface area contributed by atoms with E-state index in [-0.39, 0.29) is 29.0 Å². The van der Waals surface area contributed by atoms with E-state index >= 15 is 0 Å². The molecule has 0 aromatic heterocycles. The Hall–Kier alpha value is -2.74. The van der Waals surface area contributed by atoms with Gasteiger partial charge in [-0.25, -0.2) is 0 Å². The fraction of sp³-hybridized carbons (Fsp3) is 0.524. The van der Waals surface area contributed by atoms with Gasteiger partial charge in [0.1, 0.15) is 12.3 Å². The van der Waals surface area contributed by atoms with Crippen LogP contribution in [0.15, 0.2) is 18.2 Å². The number of benzene rings is 1. The SMILES string of the molecule is CC(C)C(=O)CCOCCNc1cc(C(=O)NCC(=O)O)cc(C(=O)C(C)C)c1. The predicted octanol–water partition coefficient (Wildman–Crippen LogP) is 2.38. The minimum atomic E-state index is -1.15. The number of carbonyl (C=O) groups is 4. The molecule has 0 aliphatic carbocycles. The lowest BCUT2D eigenvalue weighted by molar-refractivity contribution is -0.135. The van der Waals surface area contributed by atoms with Crippen molar-refractivity contribution in [3.8, 4) is 0 Å². The van der Waals surface area contributed by atoms with Crippen molar-refractivity contribution in [1.82, 2.24) is 5.32 Å². The number of carboxylic acids is 1. The predicted molar refractivity (Wildman–Crippen MR) is 109 cm³/mol. The summed E-state index contributed by atoms with van der Waals surface area (Å²) < 4.78 is 5.44. The Bertz CT molecular complexity index is 743. The van der Waals surface area contributed by atoms with Gasteiger partial charge in [0.25, 0.3) is 5.91 Å². The second-order valence-electron chi connectivity index (χ2n) is 7.30. The normalized spacial score (nSPS) is 10.8. The maximum atomic E-state index is 12.4. The van der Waals surface area contributed by atoms with Crippen LogP contribution in [0.25, 0.3) is 0 Å². The van der Waals surface area contributed by atoms with Crippen molar-refractivity contribution in [2.24, 2.45) is 11.8 Å². The molecule has 0 aliphatic rings. The molecule has 0 heterocycles. The van der Waals surface area contributed by atoms with E-state index in [1.165, 1.54) is 6.07 Å². The number of ether oxygens (including phenoxy) is 1.